The van der Waals surface area contributed by atoms with Crippen molar-refractivity contribution >= 4 is 5.91 Å². The van der Waals surface area contributed by atoms with Gasteiger partial charge in [-0.3, -0.25) is 9.69 Å². The van der Waals surface area contributed by atoms with Crippen molar-refractivity contribution in [3.63, 3.8) is 0 Å². The highest BCUT2D eigenvalue weighted by atomic mass is 35.5. The van der Waals surface area contributed by atoms with Gasteiger partial charge >= 0.3 is 0 Å². The number of para-hydroxylation sites is 1. The monoisotopic (exact) mass is 441 g/mol. The topological polar surface area (TPSA) is 99.2 Å². The molecule has 8 nitrogen and oxygen atoms in total. The molecule has 0 bridgehead atoms. The lowest BCUT2D eigenvalue weighted by Gasteiger charge is -2.36. The van der Waals surface area contributed by atoms with Crippen molar-refractivity contribution < 1.29 is 21.9 Å². The average Bonchev–Trinajstić information content (AvgIpc) is 3.23. The SMILES string of the molecule is COc1ccccc1C(c1nnnn1Cc1ccccc1)N1CCC(C(N)=O)CC1.[Cl-]. The maximum absolute atomic E-state index is 11.6. The number of nitrogens with two attached hydrogens (primary N) is 1. The smallest absolute Gasteiger partial charge is 0.220 e. The van der Waals surface area contributed by atoms with E-state index in [4.69, 9.17) is 10.5 Å². The van der Waals surface area contributed by atoms with Crippen LogP contribution >= 0.6 is 0 Å². The summed E-state index contributed by atoms with van der Waals surface area (Å²) < 4.78 is 7.49. The van der Waals surface area contributed by atoms with Crippen LogP contribution < -0.4 is 22.9 Å². The molecule has 1 unspecified atom stereocenters. The van der Waals surface area contributed by atoms with Crippen LogP contribution in [0.15, 0.2) is 54.6 Å². The number of carbonyl (C=O) groups is 1. The number of primary amides is 1. The van der Waals surface area contributed by atoms with E-state index in [1.54, 1.807) is 7.11 Å². The Morgan fingerprint density at radius 1 is 1.13 bits per heavy atom. The third-order valence-corrected chi connectivity index (χ3v) is 5.71. The third kappa shape index (κ3) is 5.03. The lowest BCUT2D eigenvalue weighted by Crippen LogP contribution is -3.00. The number of ether oxygens (including phenoxy) is 1. The molecule has 1 aliphatic rings. The van der Waals surface area contributed by atoms with Crippen LogP contribution in [0, 0.1) is 5.92 Å². The Morgan fingerprint density at radius 2 is 1.81 bits per heavy atom. The Balaban J connectivity index is 0.00000272. The summed E-state index contributed by atoms with van der Waals surface area (Å²) in [5.74, 6) is 1.23. The van der Waals surface area contributed by atoms with Crippen molar-refractivity contribution in [1.82, 2.24) is 25.1 Å². The number of nitrogens with zero attached hydrogens (tertiary/aromatic N) is 5. The summed E-state index contributed by atoms with van der Waals surface area (Å²) in [6, 6.07) is 17.9. The van der Waals surface area contributed by atoms with E-state index >= 15 is 0 Å². The highest BCUT2D eigenvalue weighted by Gasteiger charge is 2.34. The molecule has 164 valence electrons. The first-order valence-electron chi connectivity index (χ1n) is 10.1. The lowest BCUT2D eigenvalue weighted by molar-refractivity contribution is -0.123. The number of carbonyl (C=O) groups excluding carboxylic acids is 1. The molecule has 2 aromatic carbocycles. The van der Waals surface area contributed by atoms with Crippen LogP contribution in [-0.2, 0) is 11.3 Å². The molecule has 9 heteroatoms. The number of amides is 1. The minimum absolute atomic E-state index is 0. The van der Waals surface area contributed by atoms with Crippen molar-refractivity contribution in [2.45, 2.75) is 25.4 Å². The minimum Gasteiger partial charge on any atom is -1.00 e. The summed E-state index contributed by atoms with van der Waals surface area (Å²) in [6.07, 6.45) is 1.45. The van der Waals surface area contributed by atoms with Crippen LogP contribution in [0.5, 0.6) is 5.75 Å². The van der Waals surface area contributed by atoms with Crippen molar-refractivity contribution in [1.29, 1.82) is 0 Å². The Kier molecular flexibility index (Phi) is 7.59. The molecule has 4 rings (SSSR count). The van der Waals surface area contributed by atoms with E-state index in [1.807, 2.05) is 47.1 Å². The van der Waals surface area contributed by atoms with E-state index in [-0.39, 0.29) is 30.3 Å². The zero-order valence-corrected chi connectivity index (χ0v) is 18.2. The van der Waals surface area contributed by atoms with Gasteiger partial charge in [0.2, 0.25) is 5.91 Å². The van der Waals surface area contributed by atoms with Gasteiger partial charge in [-0.2, -0.15) is 0 Å². The number of tetrazole rings is 1. The fourth-order valence-corrected chi connectivity index (χ4v) is 4.11. The number of halogens is 1. The molecule has 0 saturated carbocycles. The number of rotatable bonds is 7. The molecular formula is C22H26ClN6O2-. The molecule has 1 saturated heterocycles. The second-order valence-corrected chi connectivity index (χ2v) is 7.54. The predicted octanol–water partition coefficient (Wildman–Crippen LogP) is -0.979. The number of hydrogen-bond donors (Lipinski definition) is 1. The van der Waals surface area contributed by atoms with Gasteiger partial charge in [0.25, 0.3) is 0 Å². The Bertz CT molecular complexity index is 988. The molecule has 0 aliphatic carbocycles. The minimum atomic E-state index is -0.225. The van der Waals surface area contributed by atoms with Crippen LogP contribution in [0.2, 0.25) is 0 Å². The van der Waals surface area contributed by atoms with Gasteiger partial charge in [0, 0.05) is 11.5 Å². The number of aromatic nitrogens is 4. The van der Waals surface area contributed by atoms with Crippen molar-refractivity contribution in [2.75, 3.05) is 20.2 Å². The van der Waals surface area contributed by atoms with Crippen molar-refractivity contribution in [3.8, 4) is 5.75 Å². The maximum atomic E-state index is 11.6. The van der Waals surface area contributed by atoms with Gasteiger partial charge in [0.1, 0.15) is 11.8 Å². The van der Waals surface area contributed by atoms with Crippen LogP contribution in [0.25, 0.3) is 0 Å². The number of piperidine rings is 1. The average molecular weight is 442 g/mol. The molecule has 31 heavy (non-hydrogen) atoms. The molecule has 1 aromatic heterocycles. The second kappa shape index (κ2) is 10.4. The molecule has 1 fully saturated rings. The quantitative estimate of drug-likeness (QED) is 0.506. The van der Waals surface area contributed by atoms with E-state index in [1.165, 1.54) is 0 Å². The van der Waals surface area contributed by atoms with E-state index < -0.39 is 0 Å². The maximum Gasteiger partial charge on any atom is 0.220 e. The van der Waals surface area contributed by atoms with Gasteiger partial charge in [-0.25, -0.2) is 4.68 Å². The highest BCUT2D eigenvalue weighted by Crippen LogP contribution is 2.36. The zero-order valence-electron chi connectivity index (χ0n) is 17.4. The van der Waals surface area contributed by atoms with Crippen LogP contribution in [0.3, 0.4) is 0 Å². The first-order chi connectivity index (χ1) is 14.7. The van der Waals surface area contributed by atoms with E-state index in [9.17, 15) is 4.79 Å². The number of benzene rings is 2. The first kappa shape index (κ1) is 22.7. The molecule has 2 heterocycles. The van der Waals surface area contributed by atoms with E-state index in [2.05, 4.69) is 32.6 Å². The molecule has 2 N–H and O–H groups in total. The Morgan fingerprint density at radius 3 is 2.48 bits per heavy atom. The molecule has 1 atom stereocenters. The summed E-state index contributed by atoms with van der Waals surface area (Å²) in [7, 11) is 1.67. The summed E-state index contributed by atoms with van der Waals surface area (Å²) >= 11 is 0. The van der Waals surface area contributed by atoms with Gasteiger partial charge in [-0.1, -0.05) is 48.5 Å². The van der Waals surface area contributed by atoms with Gasteiger partial charge in [-0.15, -0.1) is 5.10 Å². The number of likely N-dealkylation sites (tertiary alicyclic amines) is 1. The molecule has 0 radical (unpaired) electrons. The number of methoxy groups -OCH3 is 1. The van der Waals surface area contributed by atoms with Gasteiger partial charge in [0.05, 0.1) is 13.7 Å². The molecule has 1 amide bonds. The molecule has 3 aromatic rings. The first-order valence-corrected chi connectivity index (χ1v) is 10.1. The summed E-state index contributed by atoms with van der Waals surface area (Å²) in [4.78, 5) is 13.9. The van der Waals surface area contributed by atoms with Gasteiger partial charge in [-0.05, 0) is 48.0 Å². The highest BCUT2D eigenvalue weighted by molar-refractivity contribution is 5.76. The van der Waals surface area contributed by atoms with Gasteiger partial charge in [0.15, 0.2) is 5.82 Å². The predicted molar refractivity (Wildman–Crippen MR) is 112 cm³/mol. The van der Waals surface area contributed by atoms with Crippen molar-refractivity contribution in [2.24, 2.45) is 11.7 Å². The van der Waals surface area contributed by atoms with Crippen molar-refractivity contribution in [3.05, 3.63) is 71.5 Å². The van der Waals surface area contributed by atoms with E-state index in [0.717, 1.165) is 48.6 Å². The standard InChI is InChI=1S/C22H26N6O2.ClH/c1-30-19-10-6-5-9-18(19)20(27-13-11-17(12-14-27)21(23)29)22-24-25-26-28(22)15-16-7-3-2-4-8-16;/h2-10,17,20H,11-15H2,1H3,(H2,23,29);1H/p-1. The third-order valence-electron chi connectivity index (χ3n) is 5.71. The summed E-state index contributed by atoms with van der Waals surface area (Å²) in [6.45, 7) is 2.04. The Hall–Kier alpha value is -2.97. The number of hydrogen-bond acceptors (Lipinski definition) is 6. The Labute approximate surface area is 187 Å². The van der Waals surface area contributed by atoms with Crippen LogP contribution in [0.1, 0.15) is 35.8 Å². The molecular weight excluding hydrogens is 416 g/mol. The fraction of sp³-hybridized carbons (Fsp3) is 0.364. The molecule has 1 aliphatic heterocycles. The normalized spacial score (nSPS) is 15.8. The van der Waals surface area contributed by atoms with Crippen LogP contribution in [-0.4, -0.2) is 51.2 Å². The van der Waals surface area contributed by atoms with E-state index in [0.29, 0.717) is 6.54 Å². The van der Waals surface area contributed by atoms with Crippen LogP contribution in [0.4, 0.5) is 0 Å². The molecule has 0 spiro atoms. The lowest BCUT2D eigenvalue weighted by atomic mass is 9.93. The largest absolute Gasteiger partial charge is 1.00 e. The second-order valence-electron chi connectivity index (χ2n) is 7.54. The summed E-state index contributed by atoms with van der Waals surface area (Å²) in [5.41, 5.74) is 7.66. The zero-order chi connectivity index (χ0) is 20.9. The summed E-state index contributed by atoms with van der Waals surface area (Å²) in [5, 5.41) is 12.7. The fourth-order valence-electron chi connectivity index (χ4n) is 4.11. The van der Waals surface area contributed by atoms with Gasteiger partial charge < -0.3 is 22.9 Å².